The lowest BCUT2D eigenvalue weighted by molar-refractivity contribution is 0.410. The van der Waals surface area contributed by atoms with Gasteiger partial charge in [0.05, 0.1) is 7.11 Å². The molecule has 2 heteroatoms. The molecule has 0 aliphatic heterocycles. The van der Waals surface area contributed by atoms with Crippen LogP contribution in [0.5, 0.6) is 5.75 Å². The maximum Gasteiger partial charge on any atom is 0.125 e. The second-order valence-electron chi connectivity index (χ2n) is 3.23. The number of pyridine rings is 1. The molecule has 0 unspecified atom stereocenters. The molecule has 0 aromatic carbocycles. The van der Waals surface area contributed by atoms with Crippen LogP contribution in [0.1, 0.15) is 31.0 Å². The maximum atomic E-state index is 5.20. The number of aryl methyl sites for hydroxylation is 1. The van der Waals surface area contributed by atoms with Crippen LogP contribution in [-0.2, 0) is 0 Å². The smallest absolute Gasteiger partial charge is 0.125 e. The van der Waals surface area contributed by atoms with Gasteiger partial charge >= 0.3 is 0 Å². The first kappa shape index (κ1) is 9.04. The van der Waals surface area contributed by atoms with E-state index in [1.54, 1.807) is 7.11 Å². The summed E-state index contributed by atoms with van der Waals surface area (Å²) in [5.74, 6) is 1.38. The molecule has 2 nitrogen and oxygen atoms in total. The van der Waals surface area contributed by atoms with E-state index in [2.05, 4.69) is 18.8 Å². The Morgan fingerprint density at radius 2 is 2.08 bits per heavy atom. The van der Waals surface area contributed by atoms with Crippen LogP contribution in [-0.4, -0.2) is 12.1 Å². The van der Waals surface area contributed by atoms with Gasteiger partial charge in [0.2, 0.25) is 0 Å². The van der Waals surface area contributed by atoms with Crippen LogP contribution in [0, 0.1) is 6.92 Å². The Hall–Kier alpha value is -1.05. The van der Waals surface area contributed by atoms with E-state index in [9.17, 15) is 0 Å². The number of methoxy groups -OCH3 is 1. The van der Waals surface area contributed by atoms with Gasteiger partial charge in [0, 0.05) is 23.5 Å². The SMILES string of the molecule is COc1cc(C(C)C)ncc1C. The van der Waals surface area contributed by atoms with Crippen LogP contribution in [0.2, 0.25) is 0 Å². The average Bonchev–Trinajstić information content (AvgIpc) is 2.05. The van der Waals surface area contributed by atoms with Gasteiger partial charge in [0.1, 0.15) is 5.75 Å². The predicted octanol–water partition coefficient (Wildman–Crippen LogP) is 2.52. The highest BCUT2D eigenvalue weighted by atomic mass is 16.5. The number of rotatable bonds is 2. The molecule has 0 fully saturated rings. The van der Waals surface area contributed by atoms with Gasteiger partial charge < -0.3 is 4.74 Å². The molecule has 0 bridgehead atoms. The van der Waals surface area contributed by atoms with Crippen molar-refractivity contribution in [1.82, 2.24) is 4.98 Å². The summed E-state index contributed by atoms with van der Waals surface area (Å²) in [6, 6.07) is 2.00. The molecule has 0 N–H and O–H groups in total. The highest BCUT2D eigenvalue weighted by Gasteiger charge is 2.04. The van der Waals surface area contributed by atoms with E-state index >= 15 is 0 Å². The average molecular weight is 165 g/mol. The molecular weight excluding hydrogens is 150 g/mol. The van der Waals surface area contributed by atoms with Crippen LogP contribution in [0.4, 0.5) is 0 Å². The molecule has 1 heterocycles. The summed E-state index contributed by atoms with van der Waals surface area (Å²) >= 11 is 0. The topological polar surface area (TPSA) is 22.1 Å². The van der Waals surface area contributed by atoms with E-state index < -0.39 is 0 Å². The molecule has 0 atom stereocenters. The van der Waals surface area contributed by atoms with Crippen molar-refractivity contribution in [1.29, 1.82) is 0 Å². The largest absolute Gasteiger partial charge is 0.496 e. The summed E-state index contributed by atoms with van der Waals surface area (Å²) in [4.78, 5) is 4.31. The van der Waals surface area contributed by atoms with Gasteiger partial charge in [-0.3, -0.25) is 4.98 Å². The van der Waals surface area contributed by atoms with E-state index in [4.69, 9.17) is 4.74 Å². The van der Waals surface area contributed by atoms with Crippen molar-refractivity contribution in [2.45, 2.75) is 26.7 Å². The van der Waals surface area contributed by atoms with Crippen LogP contribution in [0.15, 0.2) is 12.3 Å². The molecule has 12 heavy (non-hydrogen) atoms. The Morgan fingerprint density at radius 3 is 2.58 bits per heavy atom. The molecular formula is C10H15NO. The molecule has 0 radical (unpaired) electrons. The minimum Gasteiger partial charge on any atom is -0.496 e. The first-order chi connectivity index (χ1) is 5.65. The Bertz CT molecular complexity index is 269. The predicted molar refractivity (Wildman–Crippen MR) is 49.6 cm³/mol. The van der Waals surface area contributed by atoms with Crippen LogP contribution >= 0.6 is 0 Å². The molecule has 1 aromatic rings. The quantitative estimate of drug-likeness (QED) is 0.671. The standard InChI is InChI=1S/C10H15NO/c1-7(2)9-5-10(12-4)8(3)6-11-9/h5-7H,1-4H3. The van der Waals surface area contributed by atoms with Crippen LogP contribution in [0.3, 0.4) is 0 Å². The number of aromatic nitrogens is 1. The molecule has 0 saturated carbocycles. The summed E-state index contributed by atoms with van der Waals surface area (Å²) in [5.41, 5.74) is 2.17. The lowest BCUT2D eigenvalue weighted by Gasteiger charge is -2.08. The van der Waals surface area contributed by atoms with Gasteiger partial charge in [-0.25, -0.2) is 0 Å². The van der Waals surface area contributed by atoms with Crippen molar-refractivity contribution < 1.29 is 4.74 Å². The Morgan fingerprint density at radius 1 is 1.42 bits per heavy atom. The summed E-state index contributed by atoms with van der Waals surface area (Å²) < 4.78 is 5.20. The van der Waals surface area contributed by atoms with Crippen molar-refractivity contribution in [3.8, 4) is 5.75 Å². The van der Waals surface area contributed by atoms with Crippen LogP contribution < -0.4 is 4.74 Å². The molecule has 0 aliphatic rings. The molecule has 1 aromatic heterocycles. The highest BCUT2D eigenvalue weighted by molar-refractivity contribution is 5.32. The second-order valence-corrected chi connectivity index (χ2v) is 3.23. The monoisotopic (exact) mass is 165 g/mol. The van der Waals surface area contributed by atoms with Gasteiger partial charge in [0.25, 0.3) is 0 Å². The van der Waals surface area contributed by atoms with E-state index in [1.165, 1.54) is 0 Å². The van der Waals surface area contributed by atoms with Gasteiger partial charge in [-0.1, -0.05) is 13.8 Å². The fraction of sp³-hybridized carbons (Fsp3) is 0.500. The lowest BCUT2D eigenvalue weighted by atomic mass is 10.1. The van der Waals surface area contributed by atoms with E-state index in [-0.39, 0.29) is 0 Å². The third-order valence-electron chi connectivity index (χ3n) is 1.89. The molecule has 1 rings (SSSR count). The van der Waals surface area contributed by atoms with E-state index in [0.29, 0.717) is 5.92 Å². The summed E-state index contributed by atoms with van der Waals surface area (Å²) in [7, 11) is 1.69. The van der Waals surface area contributed by atoms with E-state index in [0.717, 1.165) is 17.0 Å². The highest BCUT2D eigenvalue weighted by Crippen LogP contribution is 2.21. The Labute approximate surface area is 73.6 Å². The molecule has 66 valence electrons. The minimum absolute atomic E-state index is 0.458. The molecule has 0 amide bonds. The van der Waals surface area contributed by atoms with Crippen molar-refractivity contribution in [2.24, 2.45) is 0 Å². The van der Waals surface area contributed by atoms with Crippen molar-refractivity contribution in [3.05, 3.63) is 23.5 Å². The minimum atomic E-state index is 0.458. The van der Waals surface area contributed by atoms with Gasteiger partial charge in [0.15, 0.2) is 0 Å². The van der Waals surface area contributed by atoms with Gasteiger partial charge in [-0.05, 0) is 12.8 Å². The lowest BCUT2D eigenvalue weighted by Crippen LogP contribution is -1.95. The zero-order valence-corrected chi connectivity index (χ0v) is 8.09. The Kier molecular flexibility index (Phi) is 2.69. The van der Waals surface area contributed by atoms with Crippen LogP contribution in [0.25, 0.3) is 0 Å². The van der Waals surface area contributed by atoms with Gasteiger partial charge in [-0.15, -0.1) is 0 Å². The number of hydrogen-bond donors (Lipinski definition) is 0. The number of hydrogen-bond acceptors (Lipinski definition) is 2. The summed E-state index contributed by atoms with van der Waals surface area (Å²) in [6.45, 7) is 6.24. The zero-order valence-electron chi connectivity index (χ0n) is 8.09. The third kappa shape index (κ3) is 1.76. The van der Waals surface area contributed by atoms with Crippen molar-refractivity contribution in [2.75, 3.05) is 7.11 Å². The van der Waals surface area contributed by atoms with Crippen molar-refractivity contribution in [3.63, 3.8) is 0 Å². The molecule has 0 spiro atoms. The molecule has 0 aliphatic carbocycles. The van der Waals surface area contributed by atoms with Gasteiger partial charge in [-0.2, -0.15) is 0 Å². The fourth-order valence-corrected chi connectivity index (χ4v) is 1.06. The number of ether oxygens (including phenoxy) is 1. The second kappa shape index (κ2) is 3.57. The first-order valence-corrected chi connectivity index (χ1v) is 4.15. The van der Waals surface area contributed by atoms with Crippen molar-refractivity contribution >= 4 is 0 Å². The fourth-order valence-electron chi connectivity index (χ4n) is 1.06. The van der Waals surface area contributed by atoms with E-state index in [1.807, 2.05) is 19.2 Å². The third-order valence-corrected chi connectivity index (χ3v) is 1.89. The number of nitrogens with zero attached hydrogens (tertiary/aromatic N) is 1. The normalized spacial score (nSPS) is 10.4. The maximum absolute atomic E-state index is 5.20. The first-order valence-electron chi connectivity index (χ1n) is 4.15. The zero-order chi connectivity index (χ0) is 9.14. The summed E-state index contributed by atoms with van der Waals surface area (Å²) in [5, 5.41) is 0. The summed E-state index contributed by atoms with van der Waals surface area (Å²) in [6.07, 6.45) is 1.86. The Balaban J connectivity index is 3.05. The molecule has 0 saturated heterocycles.